The number of amidine groups is 1. The first-order chi connectivity index (χ1) is 11.5. The van der Waals surface area contributed by atoms with E-state index in [0.29, 0.717) is 37.4 Å². The summed E-state index contributed by atoms with van der Waals surface area (Å²) in [5.41, 5.74) is -0.122. The fourth-order valence-electron chi connectivity index (χ4n) is 4.08. The van der Waals surface area contributed by atoms with Crippen LogP contribution in [0.25, 0.3) is 0 Å². The van der Waals surface area contributed by atoms with Crippen LogP contribution in [0.2, 0.25) is 0 Å². The van der Waals surface area contributed by atoms with Crippen molar-refractivity contribution in [1.82, 2.24) is 4.90 Å². The van der Waals surface area contributed by atoms with Crippen LogP contribution in [0.1, 0.15) is 65.7 Å². The van der Waals surface area contributed by atoms with Crippen LogP contribution in [0.15, 0.2) is 5.16 Å². The molecule has 2 rings (SSSR count). The Labute approximate surface area is 145 Å². The number of aliphatic hydroxyl groups is 1. The lowest BCUT2D eigenvalue weighted by molar-refractivity contribution is -0.0389. The molecule has 2 fully saturated rings. The summed E-state index contributed by atoms with van der Waals surface area (Å²) in [5.74, 6) is 1.37. The van der Waals surface area contributed by atoms with E-state index in [1.165, 1.54) is 12.8 Å². The highest BCUT2D eigenvalue weighted by atomic mass is 16.7. The zero-order valence-electron chi connectivity index (χ0n) is 15.4. The Hall–Kier alpha value is -0.850. The second-order valence-corrected chi connectivity index (χ2v) is 7.97. The lowest BCUT2D eigenvalue weighted by Crippen LogP contribution is -2.53. The fraction of sp³-hybridized carbons (Fsp3) is 0.944. The molecule has 0 radical (unpaired) electrons. The minimum atomic E-state index is -0.304. The van der Waals surface area contributed by atoms with Crippen molar-refractivity contribution in [3.05, 3.63) is 0 Å². The second kappa shape index (κ2) is 9.02. The van der Waals surface area contributed by atoms with Crippen LogP contribution in [-0.4, -0.2) is 58.7 Å². The van der Waals surface area contributed by atoms with E-state index in [1.54, 1.807) is 0 Å². The standard InChI is InChI=1S/C18H34N2O4/c1-18(2,3)20(16(19-22)13-17-23-11-12-24-17)15-8-6-14(7-9-15)5-4-10-21/h14-15,17,21-22H,4-13H2,1-3H3/b19-16-. The van der Waals surface area contributed by atoms with Gasteiger partial charge in [0, 0.05) is 18.2 Å². The highest BCUT2D eigenvalue weighted by Crippen LogP contribution is 2.34. The molecule has 0 aromatic rings. The Morgan fingerprint density at radius 2 is 1.75 bits per heavy atom. The maximum absolute atomic E-state index is 9.63. The largest absolute Gasteiger partial charge is 0.409 e. The van der Waals surface area contributed by atoms with Crippen molar-refractivity contribution >= 4 is 5.84 Å². The van der Waals surface area contributed by atoms with Crippen LogP contribution in [0, 0.1) is 5.92 Å². The number of ether oxygens (including phenoxy) is 2. The third kappa shape index (κ3) is 5.33. The molecular formula is C18H34N2O4. The van der Waals surface area contributed by atoms with Gasteiger partial charge in [-0.1, -0.05) is 5.16 Å². The molecule has 0 unspecified atom stereocenters. The third-order valence-corrected chi connectivity index (χ3v) is 5.11. The van der Waals surface area contributed by atoms with Gasteiger partial charge in [-0.05, 0) is 65.2 Å². The topological polar surface area (TPSA) is 74.5 Å². The number of hydrogen-bond acceptors (Lipinski definition) is 5. The van der Waals surface area contributed by atoms with Crippen molar-refractivity contribution in [1.29, 1.82) is 0 Å². The van der Waals surface area contributed by atoms with Crippen molar-refractivity contribution in [2.75, 3.05) is 19.8 Å². The molecule has 1 saturated carbocycles. The van der Waals surface area contributed by atoms with Crippen LogP contribution in [0.5, 0.6) is 0 Å². The van der Waals surface area contributed by atoms with Crippen LogP contribution in [-0.2, 0) is 9.47 Å². The Bertz CT molecular complexity index is 394. The summed E-state index contributed by atoms with van der Waals surface area (Å²) in [6.45, 7) is 7.98. The van der Waals surface area contributed by atoms with Gasteiger partial charge in [-0.3, -0.25) is 0 Å². The molecule has 24 heavy (non-hydrogen) atoms. The van der Waals surface area contributed by atoms with Gasteiger partial charge in [0.2, 0.25) is 0 Å². The summed E-state index contributed by atoms with van der Waals surface area (Å²) >= 11 is 0. The van der Waals surface area contributed by atoms with E-state index >= 15 is 0 Å². The fourth-order valence-corrected chi connectivity index (χ4v) is 4.08. The van der Waals surface area contributed by atoms with E-state index in [1.807, 2.05) is 0 Å². The van der Waals surface area contributed by atoms with E-state index in [4.69, 9.17) is 14.6 Å². The molecule has 2 aliphatic rings. The zero-order chi connectivity index (χ0) is 17.6. The van der Waals surface area contributed by atoms with Crippen molar-refractivity contribution in [3.8, 4) is 0 Å². The molecule has 2 N–H and O–H groups in total. The van der Waals surface area contributed by atoms with E-state index in [-0.39, 0.29) is 18.4 Å². The van der Waals surface area contributed by atoms with E-state index < -0.39 is 0 Å². The number of nitrogens with zero attached hydrogens (tertiary/aromatic N) is 2. The minimum absolute atomic E-state index is 0.122. The van der Waals surface area contributed by atoms with Gasteiger partial charge in [0.25, 0.3) is 0 Å². The number of hydrogen-bond donors (Lipinski definition) is 2. The van der Waals surface area contributed by atoms with Gasteiger partial charge in [-0.2, -0.15) is 0 Å². The zero-order valence-corrected chi connectivity index (χ0v) is 15.4. The van der Waals surface area contributed by atoms with Gasteiger partial charge in [-0.15, -0.1) is 0 Å². The monoisotopic (exact) mass is 342 g/mol. The Kier molecular flexibility index (Phi) is 7.32. The second-order valence-electron chi connectivity index (χ2n) is 7.97. The van der Waals surface area contributed by atoms with Crippen molar-refractivity contribution < 1.29 is 19.8 Å². The van der Waals surface area contributed by atoms with Crippen LogP contribution < -0.4 is 0 Å². The van der Waals surface area contributed by atoms with Gasteiger partial charge in [0.1, 0.15) is 5.84 Å². The Morgan fingerprint density at radius 1 is 1.12 bits per heavy atom. The third-order valence-electron chi connectivity index (χ3n) is 5.11. The molecule has 6 nitrogen and oxygen atoms in total. The quantitative estimate of drug-likeness (QED) is 0.336. The van der Waals surface area contributed by atoms with Gasteiger partial charge < -0.3 is 24.7 Å². The average Bonchev–Trinajstić information content (AvgIpc) is 3.05. The number of rotatable bonds is 6. The van der Waals surface area contributed by atoms with Crippen molar-refractivity contribution in [2.45, 2.75) is 83.6 Å². The predicted molar refractivity (Wildman–Crippen MR) is 93.2 cm³/mol. The first-order valence-electron chi connectivity index (χ1n) is 9.30. The molecule has 0 bridgehead atoms. The van der Waals surface area contributed by atoms with Gasteiger partial charge >= 0.3 is 0 Å². The van der Waals surface area contributed by atoms with Crippen LogP contribution in [0.4, 0.5) is 0 Å². The smallest absolute Gasteiger partial charge is 0.164 e. The summed E-state index contributed by atoms with van der Waals surface area (Å²) in [4.78, 5) is 2.26. The van der Waals surface area contributed by atoms with E-state index in [0.717, 1.165) is 25.7 Å². The highest BCUT2D eigenvalue weighted by Gasteiger charge is 2.36. The molecule has 140 valence electrons. The van der Waals surface area contributed by atoms with E-state index in [2.05, 4.69) is 30.8 Å². The first kappa shape index (κ1) is 19.5. The van der Waals surface area contributed by atoms with Crippen LogP contribution in [0.3, 0.4) is 0 Å². The van der Waals surface area contributed by atoms with Gasteiger partial charge in [-0.25, -0.2) is 0 Å². The Balaban J connectivity index is 2.00. The molecule has 0 amide bonds. The van der Waals surface area contributed by atoms with Gasteiger partial charge in [0.05, 0.1) is 19.6 Å². The summed E-state index contributed by atoms with van der Waals surface area (Å²) in [7, 11) is 0. The summed E-state index contributed by atoms with van der Waals surface area (Å²) in [6, 6.07) is 0.377. The van der Waals surface area contributed by atoms with Crippen molar-refractivity contribution in [2.24, 2.45) is 11.1 Å². The molecule has 1 aliphatic heterocycles. The molecule has 0 atom stereocenters. The summed E-state index contributed by atoms with van der Waals surface area (Å²) in [6.07, 6.45) is 6.73. The SMILES string of the molecule is CC(C)(C)N(/C(CC1OCCO1)=N\O)C1CCC(CCCO)CC1. The minimum Gasteiger partial charge on any atom is -0.409 e. The molecule has 1 heterocycles. The predicted octanol–water partition coefficient (Wildman–Crippen LogP) is 2.97. The molecule has 6 heteroatoms. The van der Waals surface area contributed by atoms with Gasteiger partial charge in [0.15, 0.2) is 6.29 Å². The van der Waals surface area contributed by atoms with Crippen LogP contribution >= 0.6 is 0 Å². The summed E-state index contributed by atoms with van der Waals surface area (Å²) in [5, 5.41) is 22.2. The molecule has 1 aliphatic carbocycles. The van der Waals surface area contributed by atoms with E-state index in [9.17, 15) is 5.21 Å². The molecular weight excluding hydrogens is 308 g/mol. The lowest BCUT2D eigenvalue weighted by atomic mass is 9.81. The number of oxime groups is 1. The number of aliphatic hydroxyl groups excluding tert-OH is 1. The Morgan fingerprint density at radius 3 is 2.25 bits per heavy atom. The normalized spacial score (nSPS) is 26.8. The maximum Gasteiger partial charge on any atom is 0.164 e. The lowest BCUT2D eigenvalue weighted by Gasteiger charge is -2.46. The molecule has 0 aromatic carbocycles. The molecule has 0 spiro atoms. The summed E-state index contributed by atoms with van der Waals surface area (Å²) < 4.78 is 11.1. The maximum atomic E-state index is 9.63. The highest BCUT2D eigenvalue weighted by molar-refractivity contribution is 5.83. The molecule has 0 aromatic heterocycles. The average molecular weight is 342 g/mol. The molecule has 1 saturated heterocycles. The first-order valence-corrected chi connectivity index (χ1v) is 9.30. The van der Waals surface area contributed by atoms with Crippen molar-refractivity contribution in [3.63, 3.8) is 0 Å².